The second-order valence-electron chi connectivity index (χ2n) is 4.02. The van der Waals surface area contributed by atoms with Crippen molar-refractivity contribution in [2.24, 2.45) is 5.11 Å². The van der Waals surface area contributed by atoms with Crippen LogP contribution in [0.25, 0.3) is 10.4 Å². The fraction of sp³-hybridized carbons (Fsp3) is 0.417. The molecule has 0 saturated heterocycles. The number of nitrogens with zero attached hydrogens (tertiary/aromatic N) is 3. The van der Waals surface area contributed by atoms with Crippen molar-refractivity contribution < 1.29 is 19.4 Å². The minimum Gasteiger partial charge on any atom is -0.390 e. The molecule has 6 nitrogen and oxygen atoms in total. The molecule has 1 aromatic carbocycles. The Morgan fingerprint density at radius 3 is 2.79 bits per heavy atom. The van der Waals surface area contributed by atoms with E-state index < -0.39 is 23.8 Å². The molecule has 1 aromatic rings. The summed E-state index contributed by atoms with van der Waals surface area (Å²) in [5, 5.41) is 22.7. The van der Waals surface area contributed by atoms with Gasteiger partial charge in [-0.15, -0.1) is 0 Å². The highest BCUT2D eigenvalue weighted by Gasteiger charge is 2.23. The highest BCUT2D eigenvalue weighted by atomic mass is 19.1. The standard InChI is InChI=1S/C12H14FN3O3/c1-7(17)8-3-2-4-9(11(8)13)12(19)10(18)5-6-15-16-14/h2-4,10,12,18-19H,5-6H2,1H3. The van der Waals surface area contributed by atoms with Crippen LogP contribution >= 0.6 is 0 Å². The summed E-state index contributed by atoms with van der Waals surface area (Å²) in [5.41, 5.74) is 7.80. The van der Waals surface area contributed by atoms with E-state index in [1.165, 1.54) is 25.1 Å². The second-order valence-corrected chi connectivity index (χ2v) is 4.02. The van der Waals surface area contributed by atoms with Gasteiger partial charge in [-0.25, -0.2) is 4.39 Å². The summed E-state index contributed by atoms with van der Waals surface area (Å²) in [6.45, 7) is 1.20. The van der Waals surface area contributed by atoms with Gasteiger partial charge in [0.05, 0.1) is 11.7 Å². The molecule has 0 amide bonds. The zero-order valence-electron chi connectivity index (χ0n) is 10.3. The van der Waals surface area contributed by atoms with Crippen LogP contribution in [0.2, 0.25) is 0 Å². The Kier molecular flexibility index (Phi) is 5.44. The number of aliphatic hydroxyl groups is 2. The Morgan fingerprint density at radius 1 is 1.53 bits per heavy atom. The second kappa shape index (κ2) is 6.84. The highest BCUT2D eigenvalue weighted by molar-refractivity contribution is 5.94. The molecule has 0 spiro atoms. The zero-order chi connectivity index (χ0) is 14.4. The van der Waals surface area contributed by atoms with E-state index in [-0.39, 0.29) is 24.1 Å². The van der Waals surface area contributed by atoms with Crippen molar-refractivity contribution in [2.75, 3.05) is 6.54 Å². The van der Waals surface area contributed by atoms with Crippen LogP contribution in [0.1, 0.15) is 35.4 Å². The first kappa shape index (κ1) is 15.1. The molecular formula is C12H14FN3O3. The van der Waals surface area contributed by atoms with E-state index in [0.717, 1.165) is 0 Å². The number of Topliss-reactive ketones (excluding diaryl/α,β-unsaturated/α-hetero) is 1. The summed E-state index contributed by atoms with van der Waals surface area (Å²) in [6, 6.07) is 4.03. The van der Waals surface area contributed by atoms with Crippen molar-refractivity contribution >= 4 is 5.78 Å². The largest absolute Gasteiger partial charge is 0.390 e. The minimum atomic E-state index is -1.48. The van der Waals surface area contributed by atoms with Gasteiger partial charge in [0.2, 0.25) is 0 Å². The van der Waals surface area contributed by atoms with E-state index in [4.69, 9.17) is 5.53 Å². The van der Waals surface area contributed by atoms with E-state index in [0.29, 0.717) is 0 Å². The summed E-state index contributed by atoms with van der Waals surface area (Å²) >= 11 is 0. The van der Waals surface area contributed by atoms with Gasteiger partial charge in [0, 0.05) is 17.0 Å². The third-order valence-electron chi connectivity index (χ3n) is 2.68. The Hall–Kier alpha value is -1.95. The number of rotatable bonds is 6. The third kappa shape index (κ3) is 3.75. The number of aliphatic hydroxyl groups excluding tert-OH is 2. The number of halogens is 1. The molecule has 2 atom stereocenters. The molecule has 0 aliphatic heterocycles. The van der Waals surface area contributed by atoms with Gasteiger partial charge in [-0.05, 0) is 24.9 Å². The molecule has 1 rings (SSSR count). The Balaban J connectivity index is 2.93. The van der Waals surface area contributed by atoms with Crippen molar-refractivity contribution in [3.63, 3.8) is 0 Å². The molecule has 0 bridgehead atoms. The van der Waals surface area contributed by atoms with Gasteiger partial charge in [-0.1, -0.05) is 17.2 Å². The molecule has 0 aliphatic rings. The maximum absolute atomic E-state index is 13.9. The SMILES string of the molecule is CC(=O)c1cccc(C(O)C(O)CCN=[N+]=[N-])c1F. The Bertz CT molecular complexity index is 515. The summed E-state index contributed by atoms with van der Waals surface area (Å²) in [4.78, 5) is 13.7. The maximum Gasteiger partial charge on any atom is 0.162 e. The number of carbonyl (C=O) groups is 1. The van der Waals surface area contributed by atoms with Gasteiger partial charge >= 0.3 is 0 Å². The zero-order valence-corrected chi connectivity index (χ0v) is 10.3. The van der Waals surface area contributed by atoms with Crippen molar-refractivity contribution in [1.29, 1.82) is 0 Å². The van der Waals surface area contributed by atoms with Crippen LogP contribution in [0.5, 0.6) is 0 Å². The topological polar surface area (TPSA) is 106 Å². The van der Waals surface area contributed by atoms with Gasteiger partial charge in [-0.3, -0.25) is 4.79 Å². The lowest BCUT2D eigenvalue weighted by Gasteiger charge is -2.18. The van der Waals surface area contributed by atoms with Crippen molar-refractivity contribution in [1.82, 2.24) is 0 Å². The molecule has 0 aromatic heterocycles. The number of carbonyl (C=O) groups excluding carboxylic acids is 1. The molecule has 0 radical (unpaired) electrons. The quantitative estimate of drug-likeness (QED) is 0.357. The summed E-state index contributed by atoms with van der Waals surface area (Å²) in [7, 11) is 0. The van der Waals surface area contributed by atoms with Crippen LogP contribution < -0.4 is 0 Å². The first-order valence-electron chi connectivity index (χ1n) is 5.65. The average Bonchev–Trinajstić information content (AvgIpc) is 2.38. The lowest BCUT2D eigenvalue weighted by Crippen LogP contribution is -2.21. The average molecular weight is 267 g/mol. The van der Waals surface area contributed by atoms with Crippen LogP contribution in [0.3, 0.4) is 0 Å². The summed E-state index contributed by atoms with van der Waals surface area (Å²) in [6.07, 6.45) is -2.76. The highest BCUT2D eigenvalue weighted by Crippen LogP contribution is 2.24. The molecule has 0 heterocycles. The van der Waals surface area contributed by atoms with E-state index in [1.54, 1.807) is 0 Å². The number of benzene rings is 1. The van der Waals surface area contributed by atoms with Crippen molar-refractivity contribution in [3.05, 3.63) is 45.6 Å². The van der Waals surface area contributed by atoms with Gasteiger partial charge in [0.15, 0.2) is 5.78 Å². The fourth-order valence-corrected chi connectivity index (χ4v) is 1.65. The normalized spacial score (nSPS) is 13.5. The van der Waals surface area contributed by atoms with Crippen LogP contribution in [0, 0.1) is 5.82 Å². The van der Waals surface area contributed by atoms with Gasteiger partial charge in [0.25, 0.3) is 0 Å². The molecular weight excluding hydrogens is 253 g/mol. The number of hydrogen-bond acceptors (Lipinski definition) is 4. The monoisotopic (exact) mass is 267 g/mol. The number of azide groups is 1. The predicted octanol–water partition coefficient (Wildman–Crippen LogP) is 2.12. The first-order chi connectivity index (χ1) is 8.99. The van der Waals surface area contributed by atoms with E-state index in [9.17, 15) is 19.4 Å². The number of ketones is 1. The van der Waals surface area contributed by atoms with E-state index in [2.05, 4.69) is 10.0 Å². The molecule has 0 fully saturated rings. The molecule has 2 N–H and O–H groups in total. The molecule has 19 heavy (non-hydrogen) atoms. The van der Waals surface area contributed by atoms with E-state index >= 15 is 0 Å². The maximum atomic E-state index is 13.9. The van der Waals surface area contributed by atoms with Crippen molar-refractivity contribution in [3.8, 4) is 0 Å². The van der Waals surface area contributed by atoms with Crippen molar-refractivity contribution in [2.45, 2.75) is 25.6 Å². The Labute approximate surface area is 109 Å². The molecule has 2 unspecified atom stereocenters. The van der Waals surface area contributed by atoms with E-state index in [1.807, 2.05) is 0 Å². The molecule has 0 saturated carbocycles. The lowest BCUT2D eigenvalue weighted by atomic mass is 9.98. The first-order valence-corrected chi connectivity index (χ1v) is 5.65. The van der Waals surface area contributed by atoms with Gasteiger partial charge < -0.3 is 10.2 Å². The molecule has 7 heteroatoms. The minimum absolute atomic E-state index is 0.00499. The third-order valence-corrected chi connectivity index (χ3v) is 2.68. The van der Waals surface area contributed by atoms with Crippen LogP contribution in [0.4, 0.5) is 4.39 Å². The fourth-order valence-electron chi connectivity index (χ4n) is 1.65. The number of hydrogen-bond donors (Lipinski definition) is 2. The smallest absolute Gasteiger partial charge is 0.162 e. The lowest BCUT2D eigenvalue weighted by molar-refractivity contribution is 0.0129. The van der Waals surface area contributed by atoms with Crippen LogP contribution in [-0.2, 0) is 0 Å². The predicted molar refractivity (Wildman–Crippen MR) is 66.0 cm³/mol. The van der Waals surface area contributed by atoms with Gasteiger partial charge in [-0.2, -0.15) is 0 Å². The van der Waals surface area contributed by atoms with Crippen LogP contribution in [-0.4, -0.2) is 28.6 Å². The van der Waals surface area contributed by atoms with Crippen LogP contribution in [0.15, 0.2) is 23.3 Å². The van der Waals surface area contributed by atoms with Gasteiger partial charge in [0.1, 0.15) is 11.9 Å². The molecule has 0 aliphatic carbocycles. The molecule has 102 valence electrons. The Morgan fingerprint density at radius 2 is 2.21 bits per heavy atom. The summed E-state index contributed by atoms with van der Waals surface area (Å²) < 4.78 is 13.9. The summed E-state index contributed by atoms with van der Waals surface area (Å²) in [5.74, 6) is -1.31.